The summed E-state index contributed by atoms with van der Waals surface area (Å²) in [6, 6.07) is 0. The average molecular weight is 550 g/mol. The molecule has 7 heteroatoms. The Labute approximate surface area is 116 Å². The van der Waals surface area contributed by atoms with E-state index in [1.807, 2.05) is 0 Å². The molecule has 0 amide bonds. The molecule has 0 nitrogen and oxygen atoms in total. The fraction of sp³-hybridized carbons (Fsp3) is 1.00. The molecule has 0 aromatic carbocycles. The van der Waals surface area contributed by atoms with Crippen LogP contribution >= 0.6 is 108 Å². The van der Waals surface area contributed by atoms with Crippen LogP contribution in [-0.4, -0.2) is 9.54 Å². The highest BCUT2D eigenvalue weighted by Crippen LogP contribution is 2.55. The van der Waals surface area contributed by atoms with Crippen molar-refractivity contribution >= 4 is 108 Å². The zero-order valence-corrected chi connectivity index (χ0v) is 14.7. The molecule has 1 unspecified atom stereocenters. The van der Waals surface area contributed by atoms with Crippen molar-refractivity contribution < 1.29 is 0 Å². The molecule has 0 aromatic rings. The summed E-state index contributed by atoms with van der Waals surface area (Å²) in [6.45, 7) is 0. The number of rotatable bonds is 1. The molecule has 0 saturated carbocycles. The molecule has 0 aliphatic rings. The zero-order chi connectivity index (χ0) is 8.58. The molecule has 10 heavy (non-hydrogen) atoms. The lowest BCUT2D eigenvalue weighted by molar-refractivity contribution is 1.02. The molecule has 0 fully saturated rings. The second kappa shape index (κ2) is 4.64. The maximum Gasteiger partial charge on any atom is 0.160 e. The van der Waals surface area contributed by atoms with Crippen LogP contribution in [-0.2, 0) is 0 Å². The molecule has 0 aliphatic carbocycles. The van der Waals surface area contributed by atoms with E-state index < -0.39 is 5.80 Å². The van der Waals surface area contributed by atoms with Gasteiger partial charge in [-0.2, -0.15) is 12.6 Å². The highest BCUT2D eigenvalue weighted by Gasteiger charge is 2.46. The minimum atomic E-state index is -0.472. The second-order valence-corrected chi connectivity index (χ2v) is 13.9. The van der Waals surface area contributed by atoms with Crippen molar-refractivity contribution in [2.45, 2.75) is 9.54 Å². The summed E-state index contributed by atoms with van der Waals surface area (Å²) < 4.78 is -0.908. The Morgan fingerprint density at radius 1 is 1.00 bits per heavy atom. The van der Waals surface area contributed by atoms with Crippen LogP contribution in [0.5, 0.6) is 0 Å². The minimum Gasteiger partial charge on any atom is -0.156 e. The van der Waals surface area contributed by atoms with Crippen LogP contribution in [0.2, 0.25) is 0 Å². The van der Waals surface area contributed by atoms with Crippen molar-refractivity contribution in [2.24, 2.45) is 0 Å². The summed E-state index contributed by atoms with van der Waals surface area (Å²) in [7, 11) is 0. The van der Waals surface area contributed by atoms with Crippen LogP contribution in [0.1, 0.15) is 0 Å². The third-order valence-corrected chi connectivity index (χ3v) is 10.0. The van der Waals surface area contributed by atoms with E-state index in [0.29, 0.717) is 0 Å². The molecular weight excluding hydrogens is 548 g/mol. The van der Waals surface area contributed by atoms with Crippen molar-refractivity contribution in [3.05, 3.63) is 0 Å². The van der Waals surface area contributed by atoms with Crippen LogP contribution < -0.4 is 0 Å². The van der Waals surface area contributed by atoms with E-state index >= 15 is 0 Å². The lowest BCUT2D eigenvalue weighted by Gasteiger charge is -2.31. The molecular formula is C3H2Br6S. The Hall–Kier alpha value is 3.23. The summed E-state index contributed by atoms with van der Waals surface area (Å²) in [6.07, 6.45) is 0. The van der Waals surface area contributed by atoms with Gasteiger partial charge in [-0.15, -0.1) is 0 Å². The topological polar surface area (TPSA) is 0 Å². The van der Waals surface area contributed by atoms with Crippen molar-refractivity contribution in [2.75, 3.05) is 0 Å². The van der Waals surface area contributed by atoms with Gasteiger partial charge in [0, 0.05) is 0 Å². The normalized spacial score (nSPS) is 19.2. The standard InChI is InChI=1S/C3H2Br6S/c4-1(5)2(6,10)3(7,8)9/h1,10H. The first-order chi connectivity index (χ1) is 4.19. The smallest absolute Gasteiger partial charge is 0.156 e. The van der Waals surface area contributed by atoms with Crippen molar-refractivity contribution in [3.63, 3.8) is 0 Å². The van der Waals surface area contributed by atoms with Gasteiger partial charge in [-0.25, -0.2) is 0 Å². The lowest BCUT2D eigenvalue weighted by atomic mass is 10.5. The molecule has 1 atom stereocenters. The van der Waals surface area contributed by atoms with E-state index in [-0.39, 0.29) is 3.74 Å². The Bertz CT molecular complexity index is 115. The lowest BCUT2D eigenvalue weighted by Crippen LogP contribution is -2.34. The fourth-order valence-electron chi connectivity index (χ4n) is 0.124. The van der Waals surface area contributed by atoms with Gasteiger partial charge in [0.15, 0.2) is 2.14 Å². The Morgan fingerprint density at radius 2 is 1.30 bits per heavy atom. The van der Waals surface area contributed by atoms with Gasteiger partial charge in [0.1, 0.15) is 3.66 Å². The Balaban J connectivity index is 4.40. The van der Waals surface area contributed by atoms with Gasteiger partial charge in [-0.3, -0.25) is 0 Å². The number of thiol groups is 1. The quantitative estimate of drug-likeness (QED) is 0.347. The third kappa shape index (κ3) is 3.54. The predicted molar refractivity (Wildman–Crippen MR) is 71.8 cm³/mol. The first-order valence-corrected chi connectivity index (χ1v) is 7.41. The van der Waals surface area contributed by atoms with Crippen LogP contribution in [0.4, 0.5) is 0 Å². The molecule has 0 rings (SSSR count). The molecule has 0 spiro atoms. The van der Waals surface area contributed by atoms with Gasteiger partial charge in [0.05, 0.1) is 3.74 Å². The van der Waals surface area contributed by atoms with Gasteiger partial charge in [0.25, 0.3) is 0 Å². The Kier molecular flexibility index (Phi) is 6.14. The zero-order valence-electron chi connectivity index (χ0n) is 4.29. The van der Waals surface area contributed by atoms with E-state index in [1.165, 1.54) is 0 Å². The molecule has 0 radical (unpaired) electrons. The number of hydrogen-bond donors (Lipinski definition) is 1. The van der Waals surface area contributed by atoms with E-state index in [9.17, 15) is 0 Å². The predicted octanol–water partition coefficient (Wildman–Crippen LogP) is 4.96. The van der Waals surface area contributed by atoms with E-state index in [2.05, 4.69) is 108 Å². The van der Waals surface area contributed by atoms with Crippen LogP contribution in [0, 0.1) is 0 Å². The number of alkyl halides is 6. The second-order valence-electron chi connectivity index (χ2n) is 1.47. The molecule has 0 aliphatic heterocycles. The molecule has 0 bridgehead atoms. The van der Waals surface area contributed by atoms with Gasteiger partial charge < -0.3 is 0 Å². The van der Waals surface area contributed by atoms with Crippen molar-refractivity contribution in [3.8, 4) is 0 Å². The summed E-state index contributed by atoms with van der Waals surface area (Å²) in [4.78, 5) is 0. The van der Waals surface area contributed by atoms with Gasteiger partial charge in [-0.1, -0.05) is 95.6 Å². The molecule has 62 valence electrons. The molecule has 0 N–H and O–H groups in total. The van der Waals surface area contributed by atoms with E-state index in [1.54, 1.807) is 0 Å². The van der Waals surface area contributed by atoms with Gasteiger partial charge in [-0.05, 0) is 0 Å². The number of hydrogen-bond acceptors (Lipinski definition) is 1. The molecule has 0 heterocycles. The van der Waals surface area contributed by atoms with Gasteiger partial charge in [0.2, 0.25) is 0 Å². The largest absolute Gasteiger partial charge is 0.160 e. The third-order valence-electron chi connectivity index (χ3n) is 0.687. The monoisotopic (exact) mass is 543 g/mol. The van der Waals surface area contributed by atoms with Crippen molar-refractivity contribution in [1.82, 2.24) is 0 Å². The first kappa shape index (κ1) is 13.2. The van der Waals surface area contributed by atoms with E-state index in [0.717, 1.165) is 0 Å². The SMILES string of the molecule is SC(Br)(C(Br)Br)C(Br)(Br)Br. The number of halogens is 6. The highest BCUT2D eigenvalue weighted by atomic mass is 80.0. The van der Waals surface area contributed by atoms with Crippen molar-refractivity contribution in [1.29, 1.82) is 0 Å². The Morgan fingerprint density at radius 3 is 1.30 bits per heavy atom. The van der Waals surface area contributed by atoms with Gasteiger partial charge >= 0.3 is 0 Å². The van der Waals surface area contributed by atoms with Crippen LogP contribution in [0.15, 0.2) is 0 Å². The highest BCUT2D eigenvalue weighted by molar-refractivity contribution is 9.40. The van der Waals surface area contributed by atoms with Crippen LogP contribution in [0.25, 0.3) is 0 Å². The minimum absolute atomic E-state index is 0.0222. The van der Waals surface area contributed by atoms with Crippen LogP contribution in [0.3, 0.4) is 0 Å². The van der Waals surface area contributed by atoms with E-state index in [4.69, 9.17) is 0 Å². The summed E-state index contributed by atoms with van der Waals surface area (Å²) in [5.41, 5.74) is 0. The first-order valence-electron chi connectivity index (χ1n) is 1.95. The maximum atomic E-state index is 4.34. The summed E-state index contributed by atoms with van der Waals surface area (Å²) in [5, 5.41) is 0. The fourth-order valence-corrected chi connectivity index (χ4v) is 3.34. The molecule has 0 aromatic heterocycles. The summed E-state index contributed by atoms with van der Waals surface area (Å²) in [5.74, 6) is 0. The maximum absolute atomic E-state index is 4.34. The summed E-state index contributed by atoms with van der Waals surface area (Å²) >= 11 is 24.5. The molecule has 0 saturated heterocycles. The average Bonchev–Trinajstić information content (AvgIpc) is 1.62.